The maximum atomic E-state index is 12.0. The highest BCUT2D eigenvalue weighted by molar-refractivity contribution is 6.42. The van der Waals surface area contributed by atoms with Crippen LogP contribution in [0.2, 0.25) is 10.0 Å². The maximum Gasteiger partial charge on any atom is 0.338 e. The third-order valence-electron chi connectivity index (χ3n) is 3.14. The number of hydrogen-bond donors (Lipinski definition) is 1. The maximum absolute atomic E-state index is 12.0. The van der Waals surface area contributed by atoms with Crippen LogP contribution in [0.1, 0.15) is 10.4 Å². The van der Waals surface area contributed by atoms with Gasteiger partial charge in [0.15, 0.2) is 6.61 Å². The molecule has 0 saturated carbocycles. The third-order valence-corrected chi connectivity index (χ3v) is 3.87. The molecule has 0 radical (unpaired) electrons. The first-order valence-corrected chi connectivity index (χ1v) is 7.82. The first kappa shape index (κ1) is 18.1. The van der Waals surface area contributed by atoms with Crippen LogP contribution in [0.15, 0.2) is 42.5 Å². The second kappa shape index (κ2) is 8.04. The van der Waals surface area contributed by atoms with Crippen molar-refractivity contribution in [2.45, 2.75) is 0 Å². The molecular weight excluding hydrogens is 351 g/mol. The van der Waals surface area contributed by atoms with Gasteiger partial charge in [-0.2, -0.15) is 0 Å². The molecule has 0 bridgehead atoms. The quantitative estimate of drug-likeness (QED) is 0.816. The molecule has 0 unspecified atom stereocenters. The van der Waals surface area contributed by atoms with Crippen LogP contribution in [-0.4, -0.2) is 32.6 Å². The zero-order valence-electron chi connectivity index (χ0n) is 13.2. The van der Waals surface area contributed by atoms with E-state index in [4.69, 9.17) is 27.9 Å². The van der Waals surface area contributed by atoms with Gasteiger partial charge in [0.1, 0.15) is 0 Å². The third kappa shape index (κ3) is 4.88. The second-order valence-electron chi connectivity index (χ2n) is 5.20. The summed E-state index contributed by atoms with van der Waals surface area (Å²) in [6.45, 7) is -0.398. The normalized spacial score (nSPS) is 10.2. The van der Waals surface area contributed by atoms with Gasteiger partial charge >= 0.3 is 5.97 Å². The summed E-state index contributed by atoms with van der Waals surface area (Å²) in [5.41, 5.74) is 1.72. The first-order valence-electron chi connectivity index (χ1n) is 7.06. The number of anilines is 2. The summed E-state index contributed by atoms with van der Waals surface area (Å²) >= 11 is 11.7. The van der Waals surface area contributed by atoms with Crippen molar-refractivity contribution in [1.29, 1.82) is 0 Å². The molecule has 24 heavy (non-hydrogen) atoms. The van der Waals surface area contributed by atoms with Crippen molar-refractivity contribution in [2.75, 3.05) is 30.9 Å². The smallest absolute Gasteiger partial charge is 0.338 e. The van der Waals surface area contributed by atoms with E-state index in [-0.39, 0.29) is 0 Å². The summed E-state index contributed by atoms with van der Waals surface area (Å²) in [5.74, 6) is -1.03. The van der Waals surface area contributed by atoms with E-state index < -0.39 is 18.5 Å². The fourth-order valence-electron chi connectivity index (χ4n) is 1.90. The summed E-state index contributed by atoms with van der Waals surface area (Å²) < 4.78 is 5.02. The Morgan fingerprint density at radius 2 is 1.83 bits per heavy atom. The Morgan fingerprint density at radius 3 is 2.50 bits per heavy atom. The minimum atomic E-state index is -0.567. The van der Waals surface area contributed by atoms with Crippen LogP contribution in [0.4, 0.5) is 11.4 Å². The van der Waals surface area contributed by atoms with Crippen LogP contribution in [-0.2, 0) is 9.53 Å². The van der Waals surface area contributed by atoms with Gasteiger partial charge in [-0.25, -0.2) is 4.79 Å². The van der Waals surface area contributed by atoms with Gasteiger partial charge < -0.3 is 15.0 Å². The molecule has 126 valence electrons. The van der Waals surface area contributed by atoms with E-state index in [2.05, 4.69) is 5.32 Å². The van der Waals surface area contributed by atoms with Crippen LogP contribution in [0.25, 0.3) is 0 Å². The van der Waals surface area contributed by atoms with Crippen LogP contribution >= 0.6 is 23.2 Å². The van der Waals surface area contributed by atoms with Gasteiger partial charge in [-0.3, -0.25) is 4.79 Å². The van der Waals surface area contributed by atoms with Crippen molar-refractivity contribution in [2.24, 2.45) is 0 Å². The number of rotatable bonds is 5. The van der Waals surface area contributed by atoms with Gasteiger partial charge in [-0.05, 0) is 36.4 Å². The van der Waals surface area contributed by atoms with E-state index in [1.165, 1.54) is 6.07 Å². The molecule has 1 amide bonds. The molecule has 0 atom stereocenters. The number of esters is 1. The molecule has 2 aromatic rings. The monoisotopic (exact) mass is 366 g/mol. The van der Waals surface area contributed by atoms with E-state index in [0.717, 1.165) is 5.69 Å². The Labute approximate surface area is 150 Å². The lowest BCUT2D eigenvalue weighted by Gasteiger charge is -2.13. The number of amides is 1. The SMILES string of the molecule is CN(C)c1cccc(C(=O)OCC(=O)Nc2ccc(Cl)c(Cl)c2)c1. The summed E-state index contributed by atoms with van der Waals surface area (Å²) in [5, 5.41) is 3.30. The molecule has 2 aromatic carbocycles. The van der Waals surface area contributed by atoms with Crippen LogP contribution in [0.5, 0.6) is 0 Å². The van der Waals surface area contributed by atoms with Crippen LogP contribution in [0.3, 0.4) is 0 Å². The molecular formula is C17H16Cl2N2O3. The fraction of sp³-hybridized carbons (Fsp3) is 0.176. The van der Waals surface area contributed by atoms with E-state index in [1.54, 1.807) is 30.3 Å². The van der Waals surface area contributed by atoms with E-state index in [9.17, 15) is 9.59 Å². The minimum absolute atomic E-state index is 0.326. The standard InChI is InChI=1S/C17H16Cl2N2O3/c1-21(2)13-5-3-4-11(8-13)17(23)24-10-16(22)20-12-6-7-14(18)15(19)9-12/h3-9H,10H2,1-2H3,(H,20,22). The predicted molar refractivity (Wildman–Crippen MR) is 96.1 cm³/mol. The molecule has 0 aromatic heterocycles. The summed E-state index contributed by atoms with van der Waals surface area (Å²) in [7, 11) is 3.74. The molecule has 0 heterocycles. The Kier molecular flexibility index (Phi) is 6.06. The summed E-state index contributed by atoms with van der Waals surface area (Å²) in [4.78, 5) is 25.7. The highest BCUT2D eigenvalue weighted by Gasteiger charge is 2.12. The lowest BCUT2D eigenvalue weighted by molar-refractivity contribution is -0.119. The molecule has 0 spiro atoms. The lowest BCUT2D eigenvalue weighted by Crippen LogP contribution is -2.21. The Balaban J connectivity index is 1.92. The Bertz CT molecular complexity index is 763. The Morgan fingerprint density at radius 1 is 1.08 bits per heavy atom. The number of carbonyl (C=O) groups is 2. The number of nitrogens with zero attached hydrogens (tertiary/aromatic N) is 1. The highest BCUT2D eigenvalue weighted by atomic mass is 35.5. The van der Waals surface area contributed by atoms with E-state index >= 15 is 0 Å². The fourth-order valence-corrected chi connectivity index (χ4v) is 2.19. The Hall–Kier alpha value is -2.24. The van der Waals surface area contributed by atoms with Crippen LogP contribution in [0, 0.1) is 0 Å². The lowest BCUT2D eigenvalue weighted by atomic mass is 10.2. The zero-order valence-corrected chi connectivity index (χ0v) is 14.7. The number of hydrogen-bond acceptors (Lipinski definition) is 4. The van der Waals surface area contributed by atoms with Gasteiger partial charge in [0.25, 0.3) is 5.91 Å². The van der Waals surface area contributed by atoms with Crippen molar-refractivity contribution in [3.63, 3.8) is 0 Å². The van der Waals surface area contributed by atoms with E-state index in [0.29, 0.717) is 21.3 Å². The van der Waals surface area contributed by atoms with Crippen molar-refractivity contribution >= 4 is 46.5 Å². The van der Waals surface area contributed by atoms with Crippen molar-refractivity contribution in [3.05, 3.63) is 58.1 Å². The number of benzene rings is 2. The summed E-state index contributed by atoms with van der Waals surface area (Å²) in [6.07, 6.45) is 0. The molecule has 1 N–H and O–H groups in total. The molecule has 5 nitrogen and oxygen atoms in total. The molecule has 0 aliphatic heterocycles. The average Bonchev–Trinajstić information content (AvgIpc) is 2.56. The van der Waals surface area contributed by atoms with Gasteiger partial charge in [0, 0.05) is 25.5 Å². The number of halogens is 2. The predicted octanol–water partition coefficient (Wildman–Crippen LogP) is 3.85. The molecule has 0 aliphatic rings. The van der Waals surface area contributed by atoms with Crippen molar-refractivity contribution in [1.82, 2.24) is 0 Å². The average molecular weight is 367 g/mol. The molecule has 0 saturated heterocycles. The van der Waals surface area contributed by atoms with Gasteiger partial charge in [0.2, 0.25) is 0 Å². The van der Waals surface area contributed by atoms with Crippen molar-refractivity contribution in [3.8, 4) is 0 Å². The zero-order chi connectivity index (χ0) is 17.7. The van der Waals surface area contributed by atoms with E-state index in [1.807, 2.05) is 25.1 Å². The summed E-state index contributed by atoms with van der Waals surface area (Å²) in [6, 6.07) is 11.6. The van der Waals surface area contributed by atoms with Crippen molar-refractivity contribution < 1.29 is 14.3 Å². The molecule has 7 heteroatoms. The van der Waals surface area contributed by atoms with Gasteiger partial charge in [-0.15, -0.1) is 0 Å². The van der Waals surface area contributed by atoms with Gasteiger partial charge in [0.05, 0.1) is 15.6 Å². The largest absolute Gasteiger partial charge is 0.452 e. The number of carbonyl (C=O) groups excluding carboxylic acids is 2. The topological polar surface area (TPSA) is 58.6 Å². The number of ether oxygens (including phenoxy) is 1. The first-order chi connectivity index (χ1) is 11.4. The van der Waals surface area contributed by atoms with Gasteiger partial charge in [-0.1, -0.05) is 29.3 Å². The second-order valence-corrected chi connectivity index (χ2v) is 6.01. The van der Waals surface area contributed by atoms with Crippen LogP contribution < -0.4 is 10.2 Å². The molecule has 0 fully saturated rings. The number of nitrogens with one attached hydrogen (secondary N) is 1. The highest BCUT2D eigenvalue weighted by Crippen LogP contribution is 2.24. The minimum Gasteiger partial charge on any atom is -0.452 e. The molecule has 2 rings (SSSR count). The molecule has 0 aliphatic carbocycles.